The highest BCUT2D eigenvalue weighted by Crippen LogP contribution is 2.22. The van der Waals surface area contributed by atoms with Crippen LogP contribution in [-0.2, 0) is 13.1 Å². The number of fused-ring (bicyclic) bond motifs is 1. The van der Waals surface area contributed by atoms with Crippen molar-refractivity contribution < 1.29 is 5.11 Å². The lowest BCUT2D eigenvalue weighted by atomic mass is 10.2. The number of hydrogen-bond donors (Lipinski definition) is 2. The summed E-state index contributed by atoms with van der Waals surface area (Å²) < 4.78 is 2.07. The Kier molecular flexibility index (Phi) is 5.23. The normalized spacial score (nSPS) is 12.7. The molecule has 0 aliphatic rings. The molecule has 0 aliphatic carbocycles. The second kappa shape index (κ2) is 7.37. The lowest BCUT2D eigenvalue weighted by Crippen LogP contribution is -2.29. The summed E-state index contributed by atoms with van der Waals surface area (Å²) >= 11 is 11.9. The summed E-state index contributed by atoms with van der Waals surface area (Å²) in [5, 5.41) is 15.8. The van der Waals surface area contributed by atoms with E-state index in [1.807, 2.05) is 30.5 Å². The zero-order valence-electron chi connectivity index (χ0n) is 12.5. The first-order chi connectivity index (χ1) is 11.1. The average Bonchev–Trinajstić information content (AvgIpc) is 2.94. The van der Waals surface area contributed by atoms with E-state index in [4.69, 9.17) is 23.2 Å². The quantitative estimate of drug-likeness (QED) is 0.703. The molecule has 0 unspecified atom stereocenters. The fourth-order valence-electron chi connectivity index (χ4n) is 2.62. The summed E-state index contributed by atoms with van der Waals surface area (Å²) in [4.78, 5) is 0. The van der Waals surface area contributed by atoms with Gasteiger partial charge in [0, 0.05) is 31.3 Å². The maximum atomic E-state index is 10.2. The van der Waals surface area contributed by atoms with Gasteiger partial charge < -0.3 is 15.0 Å². The topological polar surface area (TPSA) is 37.2 Å². The van der Waals surface area contributed by atoms with Gasteiger partial charge in [-0.1, -0.05) is 47.5 Å². The smallest absolute Gasteiger partial charge is 0.0843 e. The Morgan fingerprint density at radius 3 is 2.70 bits per heavy atom. The molecule has 0 saturated heterocycles. The van der Waals surface area contributed by atoms with E-state index in [0.717, 1.165) is 11.1 Å². The second-order valence-electron chi connectivity index (χ2n) is 5.56. The van der Waals surface area contributed by atoms with Crippen molar-refractivity contribution in [3.63, 3.8) is 0 Å². The minimum atomic E-state index is -0.464. The zero-order chi connectivity index (χ0) is 16.2. The molecule has 0 radical (unpaired) electrons. The summed E-state index contributed by atoms with van der Waals surface area (Å²) in [6.45, 7) is 1.70. The second-order valence-corrected chi connectivity index (χ2v) is 6.37. The van der Waals surface area contributed by atoms with Crippen molar-refractivity contribution in [1.82, 2.24) is 9.88 Å². The highest BCUT2D eigenvalue weighted by Gasteiger charge is 2.07. The lowest BCUT2D eigenvalue weighted by Gasteiger charge is -2.14. The molecule has 0 saturated carbocycles. The molecule has 3 aromatic rings. The van der Waals surface area contributed by atoms with E-state index in [1.165, 1.54) is 5.39 Å². The Bertz CT molecular complexity index is 801. The van der Waals surface area contributed by atoms with Gasteiger partial charge in [0.05, 0.1) is 16.1 Å². The molecule has 0 spiro atoms. The molecule has 3 rings (SSSR count). The number of halogens is 2. The first-order valence-electron chi connectivity index (χ1n) is 7.50. The number of benzene rings is 2. The lowest BCUT2D eigenvalue weighted by molar-refractivity contribution is 0.152. The van der Waals surface area contributed by atoms with Crippen molar-refractivity contribution in [3.8, 4) is 0 Å². The number of rotatable bonds is 6. The standard InChI is InChI=1S/C18H18Cl2N2O/c19-16-6-5-13(9-17(16)20)10-21-11-15(23)12-22-8-7-14-3-1-2-4-18(14)22/h1-9,15,21,23H,10-12H2/t15-/m1/s1. The monoisotopic (exact) mass is 348 g/mol. The fourth-order valence-corrected chi connectivity index (χ4v) is 2.94. The van der Waals surface area contributed by atoms with Gasteiger partial charge in [0.25, 0.3) is 0 Å². The van der Waals surface area contributed by atoms with Crippen molar-refractivity contribution in [2.75, 3.05) is 6.54 Å². The van der Waals surface area contributed by atoms with Crippen LogP contribution in [0.3, 0.4) is 0 Å². The van der Waals surface area contributed by atoms with Crippen LogP contribution >= 0.6 is 23.2 Å². The van der Waals surface area contributed by atoms with Gasteiger partial charge in [0.15, 0.2) is 0 Å². The van der Waals surface area contributed by atoms with Crippen LogP contribution in [0, 0.1) is 0 Å². The van der Waals surface area contributed by atoms with Crippen LogP contribution in [0.1, 0.15) is 5.56 Å². The Labute approximate surface area is 145 Å². The maximum absolute atomic E-state index is 10.2. The van der Waals surface area contributed by atoms with Crippen LogP contribution in [0.15, 0.2) is 54.7 Å². The molecule has 3 nitrogen and oxygen atoms in total. The van der Waals surface area contributed by atoms with Crippen molar-refractivity contribution in [1.29, 1.82) is 0 Å². The number of para-hydroxylation sites is 1. The van der Waals surface area contributed by atoms with E-state index >= 15 is 0 Å². The molecule has 0 aliphatic heterocycles. The fraction of sp³-hybridized carbons (Fsp3) is 0.222. The van der Waals surface area contributed by atoms with Gasteiger partial charge in [-0.05, 0) is 35.2 Å². The van der Waals surface area contributed by atoms with E-state index in [1.54, 1.807) is 6.07 Å². The minimum Gasteiger partial charge on any atom is -0.390 e. The zero-order valence-corrected chi connectivity index (χ0v) is 14.1. The number of aliphatic hydroxyl groups is 1. The average molecular weight is 349 g/mol. The van der Waals surface area contributed by atoms with Crippen molar-refractivity contribution >= 4 is 34.1 Å². The molecule has 0 amide bonds. The van der Waals surface area contributed by atoms with Crippen LogP contribution < -0.4 is 5.32 Å². The molecule has 2 aromatic carbocycles. The number of nitrogens with one attached hydrogen (secondary N) is 1. The predicted octanol–water partition coefficient (Wildman–Crippen LogP) is 4.10. The van der Waals surface area contributed by atoms with Crippen LogP contribution in [-0.4, -0.2) is 22.3 Å². The summed E-state index contributed by atoms with van der Waals surface area (Å²) in [5.74, 6) is 0. The summed E-state index contributed by atoms with van der Waals surface area (Å²) in [6, 6.07) is 15.8. The Morgan fingerprint density at radius 2 is 1.87 bits per heavy atom. The molecule has 2 N–H and O–H groups in total. The van der Waals surface area contributed by atoms with Gasteiger partial charge in [-0.2, -0.15) is 0 Å². The van der Waals surface area contributed by atoms with Gasteiger partial charge >= 0.3 is 0 Å². The molecular formula is C18H18Cl2N2O. The summed E-state index contributed by atoms with van der Waals surface area (Å²) in [5.41, 5.74) is 2.18. The predicted molar refractivity (Wildman–Crippen MR) is 96.1 cm³/mol. The highest BCUT2D eigenvalue weighted by molar-refractivity contribution is 6.42. The van der Waals surface area contributed by atoms with E-state index in [9.17, 15) is 5.11 Å². The molecule has 0 fully saturated rings. The van der Waals surface area contributed by atoms with Crippen molar-refractivity contribution in [3.05, 3.63) is 70.3 Å². The number of aliphatic hydroxyl groups excluding tert-OH is 1. The Balaban J connectivity index is 1.53. The number of hydrogen-bond acceptors (Lipinski definition) is 2. The SMILES string of the molecule is O[C@H](CNCc1ccc(Cl)c(Cl)c1)Cn1ccc2ccccc21. The maximum Gasteiger partial charge on any atom is 0.0843 e. The highest BCUT2D eigenvalue weighted by atomic mass is 35.5. The van der Waals surface area contributed by atoms with Gasteiger partial charge in [-0.25, -0.2) is 0 Å². The van der Waals surface area contributed by atoms with Crippen LogP contribution in [0.25, 0.3) is 10.9 Å². The van der Waals surface area contributed by atoms with E-state index in [2.05, 4.69) is 28.1 Å². The molecule has 1 aromatic heterocycles. The van der Waals surface area contributed by atoms with Gasteiger partial charge in [-0.15, -0.1) is 0 Å². The summed E-state index contributed by atoms with van der Waals surface area (Å²) in [6.07, 6.45) is 1.54. The third-order valence-corrected chi connectivity index (χ3v) is 4.52. The first kappa shape index (κ1) is 16.3. The molecular weight excluding hydrogens is 331 g/mol. The largest absolute Gasteiger partial charge is 0.390 e. The van der Waals surface area contributed by atoms with Crippen LogP contribution in [0.5, 0.6) is 0 Å². The molecule has 0 bridgehead atoms. The minimum absolute atomic E-state index is 0.464. The third-order valence-electron chi connectivity index (χ3n) is 3.78. The van der Waals surface area contributed by atoms with Gasteiger partial charge in [0.1, 0.15) is 0 Å². The van der Waals surface area contributed by atoms with E-state index in [0.29, 0.717) is 29.7 Å². The third kappa shape index (κ3) is 4.06. The number of aromatic nitrogens is 1. The van der Waals surface area contributed by atoms with E-state index in [-0.39, 0.29) is 0 Å². The summed E-state index contributed by atoms with van der Waals surface area (Å²) in [7, 11) is 0. The Morgan fingerprint density at radius 1 is 1.04 bits per heavy atom. The van der Waals surface area contributed by atoms with Crippen molar-refractivity contribution in [2.24, 2.45) is 0 Å². The van der Waals surface area contributed by atoms with Gasteiger partial charge in [0.2, 0.25) is 0 Å². The van der Waals surface area contributed by atoms with Gasteiger partial charge in [-0.3, -0.25) is 0 Å². The van der Waals surface area contributed by atoms with Crippen molar-refractivity contribution in [2.45, 2.75) is 19.2 Å². The Hall–Kier alpha value is -1.52. The van der Waals surface area contributed by atoms with Crippen LogP contribution in [0.4, 0.5) is 0 Å². The van der Waals surface area contributed by atoms with Crippen LogP contribution in [0.2, 0.25) is 10.0 Å². The first-order valence-corrected chi connectivity index (χ1v) is 8.25. The van der Waals surface area contributed by atoms with E-state index < -0.39 is 6.10 Å². The molecule has 23 heavy (non-hydrogen) atoms. The molecule has 5 heteroatoms. The molecule has 1 heterocycles. The molecule has 1 atom stereocenters. The molecule has 120 valence electrons. The number of nitrogens with zero attached hydrogens (tertiary/aromatic N) is 1.